The van der Waals surface area contributed by atoms with Crippen molar-refractivity contribution in [3.05, 3.63) is 35.4 Å². The molecule has 0 saturated heterocycles. The van der Waals surface area contributed by atoms with Crippen molar-refractivity contribution in [2.45, 2.75) is 37.9 Å². The van der Waals surface area contributed by atoms with Gasteiger partial charge in [-0.1, -0.05) is 24.3 Å². The number of benzene rings is 1. The van der Waals surface area contributed by atoms with Crippen molar-refractivity contribution in [2.24, 2.45) is 0 Å². The third kappa shape index (κ3) is 6.36. The first-order valence-electron chi connectivity index (χ1n) is 5.87. The van der Waals surface area contributed by atoms with Gasteiger partial charge in [0, 0.05) is 6.04 Å². The van der Waals surface area contributed by atoms with Gasteiger partial charge in [-0.15, -0.1) is 0 Å². The molecule has 20 heavy (non-hydrogen) atoms. The minimum atomic E-state index is -4.41. The molecule has 0 bridgehead atoms. The second-order valence-electron chi connectivity index (χ2n) is 4.57. The van der Waals surface area contributed by atoms with Gasteiger partial charge in [0.25, 0.3) is 0 Å². The number of sulfonamides is 1. The molecule has 0 fully saturated rings. The van der Waals surface area contributed by atoms with Gasteiger partial charge in [0.1, 0.15) is 0 Å². The molecule has 0 aliphatic heterocycles. The van der Waals surface area contributed by atoms with Crippen LogP contribution in [0.4, 0.5) is 13.2 Å². The van der Waals surface area contributed by atoms with Gasteiger partial charge in [0.2, 0.25) is 10.0 Å². The van der Waals surface area contributed by atoms with E-state index in [1.165, 1.54) is 19.1 Å². The summed E-state index contributed by atoms with van der Waals surface area (Å²) in [7, 11) is -3.84. The molecule has 0 amide bonds. The number of hydrogen-bond donors (Lipinski definition) is 2. The van der Waals surface area contributed by atoms with Crippen molar-refractivity contribution in [2.75, 3.05) is 0 Å². The van der Waals surface area contributed by atoms with Gasteiger partial charge < -0.3 is 5.11 Å². The molecule has 0 aromatic heterocycles. The summed E-state index contributed by atoms with van der Waals surface area (Å²) in [6.07, 6.45) is -5.62. The van der Waals surface area contributed by atoms with Crippen molar-refractivity contribution < 1.29 is 26.7 Å². The van der Waals surface area contributed by atoms with E-state index in [0.29, 0.717) is 11.1 Å². The fourth-order valence-corrected chi connectivity index (χ4v) is 3.11. The molecule has 0 spiro atoms. The lowest BCUT2D eigenvalue weighted by molar-refractivity contribution is -0.137. The second kappa shape index (κ2) is 6.55. The van der Waals surface area contributed by atoms with E-state index in [0.717, 1.165) is 0 Å². The maximum Gasteiger partial charge on any atom is 0.390 e. The van der Waals surface area contributed by atoms with Crippen molar-refractivity contribution in [1.82, 2.24) is 4.72 Å². The Hall–Kier alpha value is -1.12. The van der Waals surface area contributed by atoms with E-state index in [2.05, 4.69) is 0 Å². The molecule has 1 aromatic rings. The van der Waals surface area contributed by atoms with Gasteiger partial charge in [0.05, 0.1) is 18.8 Å². The summed E-state index contributed by atoms with van der Waals surface area (Å²) in [6, 6.07) is 4.93. The number of halogens is 3. The fourth-order valence-electron chi connectivity index (χ4n) is 1.70. The summed E-state index contributed by atoms with van der Waals surface area (Å²) in [5.74, 6) is -0.402. The van der Waals surface area contributed by atoms with E-state index < -0.39 is 34.4 Å². The average Bonchev–Trinajstić information content (AvgIpc) is 2.25. The number of alkyl halides is 3. The summed E-state index contributed by atoms with van der Waals surface area (Å²) in [6.45, 7) is 1.01. The number of aliphatic hydroxyl groups is 1. The standard InChI is InChI=1S/C12H16F3NO3S/c1-9(6-12(13,14)15)16-20(18,19)8-11-4-2-10(7-17)3-5-11/h2-5,9,16-17H,6-8H2,1H3. The average molecular weight is 311 g/mol. The summed E-state index contributed by atoms with van der Waals surface area (Å²) in [5.41, 5.74) is 1.07. The number of hydrogen-bond acceptors (Lipinski definition) is 3. The lowest BCUT2D eigenvalue weighted by atomic mass is 10.2. The Morgan fingerprint density at radius 2 is 1.70 bits per heavy atom. The van der Waals surface area contributed by atoms with E-state index in [1.54, 1.807) is 12.1 Å². The molecular formula is C12H16F3NO3S. The monoisotopic (exact) mass is 311 g/mol. The molecule has 0 aliphatic rings. The molecular weight excluding hydrogens is 295 g/mol. The Balaban J connectivity index is 2.64. The van der Waals surface area contributed by atoms with Gasteiger partial charge in [0.15, 0.2) is 0 Å². The highest BCUT2D eigenvalue weighted by Crippen LogP contribution is 2.21. The van der Waals surface area contributed by atoms with E-state index >= 15 is 0 Å². The van der Waals surface area contributed by atoms with Gasteiger partial charge in [-0.25, -0.2) is 13.1 Å². The zero-order valence-corrected chi connectivity index (χ0v) is 11.6. The zero-order chi connectivity index (χ0) is 15.4. The van der Waals surface area contributed by atoms with Crippen LogP contribution in [0.25, 0.3) is 0 Å². The number of nitrogens with one attached hydrogen (secondary N) is 1. The van der Waals surface area contributed by atoms with Gasteiger partial charge in [-0.05, 0) is 18.1 Å². The lowest BCUT2D eigenvalue weighted by Gasteiger charge is -2.16. The Bertz CT molecular complexity index is 526. The zero-order valence-electron chi connectivity index (χ0n) is 10.8. The SMILES string of the molecule is CC(CC(F)(F)F)NS(=O)(=O)Cc1ccc(CO)cc1. The topological polar surface area (TPSA) is 66.4 Å². The maximum atomic E-state index is 12.1. The molecule has 0 aliphatic carbocycles. The first-order chi connectivity index (χ1) is 9.11. The Labute approximate surface area is 115 Å². The highest BCUT2D eigenvalue weighted by molar-refractivity contribution is 7.88. The van der Waals surface area contributed by atoms with Crippen LogP contribution in [-0.4, -0.2) is 25.7 Å². The number of rotatable bonds is 6. The van der Waals surface area contributed by atoms with E-state index in [9.17, 15) is 21.6 Å². The van der Waals surface area contributed by atoms with Gasteiger partial charge >= 0.3 is 6.18 Å². The fraction of sp³-hybridized carbons (Fsp3) is 0.500. The Kier molecular flexibility index (Phi) is 5.55. The molecule has 8 heteroatoms. The van der Waals surface area contributed by atoms with Crippen molar-refractivity contribution >= 4 is 10.0 Å². The first kappa shape index (κ1) is 16.9. The van der Waals surface area contributed by atoms with Crippen molar-refractivity contribution in [1.29, 1.82) is 0 Å². The molecule has 1 unspecified atom stereocenters. The largest absolute Gasteiger partial charge is 0.392 e. The van der Waals surface area contributed by atoms with E-state index in [1.807, 2.05) is 4.72 Å². The Morgan fingerprint density at radius 3 is 2.15 bits per heavy atom. The molecule has 1 atom stereocenters. The molecule has 1 rings (SSSR count). The number of aliphatic hydroxyl groups excluding tert-OH is 1. The van der Waals surface area contributed by atoms with Gasteiger partial charge in [-0.2, -0.15) is 13.2 Å². The van der Waals surface area contributed by atoms with Crippen LogP contribution in [0.1, 0.15) is 24.5 Å². The lowest BCUT2D eigenvalue weighted by Crippen LogP contribution is -2.36. The second-order valence-corrected chi connectivity index (χ2v) is 6.33. The van der Waals surface area contributed by atoms with E-state index in [4.69, 9.17) is 5.11 Å². The normalized spacial score (nSPS) is 14.2. The summed E-state index contributed by atoms with van der Waals surface area (Å²) < 4.78 is 61.8. The predicted octanol–water partition coefficient (Wildman–Crippen LogP) is 1.94. The van der Waals surface area contributed by atoms with Crippen molar-refractivity contribution in [3.63, 3.8) is 0 Å². The van der Waals surface area contributed by atoms with Crippen LogP contribution in [0.15, 0.2) is 24.3 Å². The highest BCUT2D eigenvalue weighted by atomic mass is 32.2. The minimum Gasteiger partial charge on any atom is -0.392 e. The Morgan fingerprint density at radius 1 is 1.20 bits per heavy atom. The molecule has 0 radical (unpaired) electrons. The van der Waals surface area contributed by atoms with Gasteiger partial charge in [-0.3, -0.25) is 0 Å². The maximum absolute atomic E-state index is 12.1. The summed E-state index contributed by atoms with van der Waals surface area (Å²) in [4.78, 5) is 0. The summed E-state index contributed by atoms with van der Waals surface area (Å²) in [5, 5.41) is 8.85. The van der Waals surface area contributed by atoms with Crippen molar-refractivity contribution in [3.8, 4) is 0 Å². The molecule has 0 heterocycles. The predicted molar refractivity (Wildman–Crippen MR) is 68.3 cm³/mol. The van der Waals surface area contributed by atoms with E-state index in [-0.39, 0.29) is 6.61 Å². The third-order valence-electron chi connectivity index (χ3n) is 2.48. The van der Waals surface area contributed by atoms with Crippen LogP contribution in [-0.2, 0) is 22.4 Å². The molecule has 0 saturated carbocycles. The van der Waals surface area contributed by atoms with Crippen LogP contribution in [0.3, 0.4) is 0 Å². The smallest absolute Gasteiger partial charge is 0.390 e. The highest BCUT2D eigenvalue weighted by Gasteiger charge is 2.31. The van der Waals surface area contributed by atoms with Crippen LogP contribution in [0, 0.1) is 0 Å². The minimum absolute atomic E-state index is 0.159. The molecule has 2 N–H and O–H groups in total. The molecule has 114 valence electrons. The first-order valence-corrected chi connectivity index (χ1v) is 7.52. The third-order valence-corrected chi connectivity index (χ3v) is 3.96. The van der Waals surface area contributed by atoms with Crippen LogP contribution >= 0.6 is 0 Å². The molecule has 4 nitrogen and oxygen atoms in total. The van der Waals surface area contributed by atoms with Crippen LogP contribution < -0.4 is 4.72 Å². The quantitative estimate of drug-likeness (QED) is 0.844. The summed E-state index contributed by atoms with van der Waals surface area (Å²) >= 11 is 0. The molecule has 1 aromatic carbocycles. The van der Waals surface area contributed by atoms with Crippen LogP contribution in [0.2, 0.25) is 0 Å². The van der Waals surface area contributed by atoms with Crippen LogP contribution in [0.5, 0.6) is 0 Å².